The summed E-state index contributed by atoms with van der Waals surface area (Å²) < 4.78 is 0. The number of H-pyrrole nitrogens is 1. The van der Waals surface area contributed by atoms with Crippen LogP contribution in [0.4, 0.5) is 5.69 Å². The van der Waals surface area contributed by atoms with Crippen molar-refractivity contribution in [2.45, 2.75) is 77.8 Å². The molecule has 0 aliphatic heterocycles. The monoisotopic (exact) mass is 370 g/mol. The molecule has 0 amide bonds. The van der Waals surface area contributed by atoms with E-state index in [2.05, 4.69) is 31.1 Å². The molecule has 1 saturated carbocycles. The highest BCUT2D eigenvalue weighted by molar-refractivity contribution is 5.87. The van der Waals surface area contributed by atoms with Crippen molar-refractivity contribution in [3.8, 4) is 0 Å². The lowest BCUT2D eigenvalue weighted by atomic mass is 9.71. The first-order valence-electron chi connectivity index (χ1n) is 10.4. The van der Waals surface area contributed by atoms with E-state index in [-0.39, 0.29) is 4.92 Å². The number of aromatic amines is 1. The van der Waals surface area contributed by atoms with E-state index in [9.17, 15) is 10.1 Å². The Kier molecular flexibility index (Phi) is 4.75. The van der Waals surface area contributed by atoms with Gasteiger partial charge in [0.05, 0.1) is 4.91 Å². The van der Waals surface area contributed by atoms with Crippen LogP contribution >= 0.6 is 0 Å². The molecule has 5 nitrogen and oxygen atoms in total. The van der Waals surface area contributed by atoms with E-state index in [0.29, 0.717) is 23.2 Å². The second-order valence-electron chi connectivity index (χ2n) is 9.55. The fourth-order valence-electron chi connectivity index (χ4n) is 5.15. The number of aryl methyl sites for hydroxylation is 1. The molecule has 0 spiro atoms. The van der Waals surface area contributed by atoms with E-state index in [0.717, 1.165) is 36.1 Å². The van der Waals surface area contributed by atoms with Crippen LogP contribution in [0.2, 0.25) is 0 Å². The third kappa shape index (κ3) is 3.62. The fraction of sp³-hybridized carbons (Fsp3) is 0.636. The largest absolute Gasteiger partial charge is 0.357 e. The number of benzene rings is 1. The summed E-state index contributed by atoms with van der Waals surface area (Å²) in [7, 11) is 0. The molecule has 2 aromatic rings. The van der Waals surface area contributed by atoms with E-state index < -0.39 is 0 Å². The summed E-state index contributed by atoms with van der Waals surface area (Å²) in [5, 5.41) is 14.2. The number of hydrogen-bond acceptors (Lipinski definition) is 2. The number of fused-ring (bicyclic) bond motifs is 3. The zero-order valence-corrected chi connectivity index (χ0v) is 16.7. The molecule has 0 saturated heterocycles. The van der Waals surface area contributed by atoms with Gasteiger partial charge in [0.1, 0.15) is 0 Å². The first kappa shape index (κ1) is 18.5. The Balaban J connectivity index is 1.52. The van der Waals surface area contributed by atoms with Crippen molar-refractivity contribution >= 4 is 16.6 Å². The number of hydrogen-bond donors (Lipinski definition) is 3. The van der Waals surface area contributed by atoms with E-state index in [1.807, 2.05) is 6.07 Å². The predicted molar refractivity (Wildman–Crippen MR) is 107 cm³/mol. The minimum atomic E-state index is -0.0505. The molecule has 4 rings (SSSR count). The van der Waals surface area contributed by atoms with Crippen LogP contribution in [-0.2, 0) is 6.42 Å². The summed E-state index contributed by atoms with van der Waals surface area (Å²) in [4.78, 5) is 14.8. The van der Waals surface area contributed by atoms with Crippen molar-refractivity contribution in [3.63, 3.8) is 0 Å². The van der Waals surface area contributed by atoms with Gasteiger partial charge in [-0.05, 0) is 67.9 Å². The normalized spacial score (nSPS) is 26.1. The smallest absolute Gasteiger partial charge is 0.317 e. The van der Waals surface area contributed by atoms with Gasteiger partial charge in [-0.25, -0.2) is 5.21 Å². The Hall–Kier alpha value is -1.88. The van der Waals surface area contributed by atoms with Crippen molar-refractivity contribution in [3.05, 3.63) is 34.4 Å². The molecule has 1 heterocycles. The second-order valence-corrected chi connectivity index (χ2v) is 9.55. The maximum absolute atomic E-state index is 11.3. The Labute approximate surface area is 161 Å². The van der Waals surface area contributed by atoms with Crippen LogP contribution in [0.1, 0.15) is 76.6 Å². The van der Waals surface area contributed by atoms with Gasteiger partial charge < -0.3 is 10.3 Å². The van der Waals surface area contributed by atoms with Crippen molar-refractivity contribution in [2.24, 2.45) is 11.3 Å². The highest BCUT2D eigenvalue weighted by atomic mass is 16.6. The van der Waals surface area contributed by atoms with Crippen LogP contribution in [-0.4, -0.2) is 21.2 Å². The molecule has 2 aliphatic rings. The molecule has 27 heavy (non-hydrogen) atoms. The van der Waals surface area contributed by atoms with Crippen molar-refractivity contribution in [2.75, 3.05) is 0 Å². The summed E-state index contributed by atoms with van der Waals surface area (Å²) in [5.41, 5.74) is 4.35. The molecule has 0 radical (unpaired) electrons. The van der Waals surface area contributed by atoms with E-state index in [1.54, 1.807) is 12.1 Å². The van der Waals surface area contributed by atoms with Crippen LogP contribution in [0.25, 0.3) is 10.9 Å². The Morgan fingerprint density at radius 2 is 1.89 bits per heavy atom. The average Bonchev–Trinajstić information content (AvgIpc) is 3.00. The minimum absolute atomic E-state index is 0.0505. The van der Waals surface area contributed by atoms with Gasteiger partial charge >= 0.3 is 5.69 Å². The van der Waals surface area contributed by atoms with Gasteiger partial charge in [-0.2, -0.15) is 0 Å². The minimum Gasteiger partial charge on any atom is -0.357 e. The first-order chi connectivity index (χ1) is 12.8. The summed E-state index contributed by atoms with van der Waals surface area (Å²) in [6.07, 6.45) is 8.47. The molecule has 1 aromatic carbocycles. The number of aromatic nitrogens is 1. The van der Waals surface area contributed by atoms with E-state index in [4.69, 9.17) is 0 Å². The van der Waals surface area contributed by atoms with Gasteiger partial charge in [-0.15, -0.1) is 0 Å². The molecule has 2 aliphatic carbocycles. The van der Waals surface area contributed by atoms with Crippen LogP contribution in [0, 0.1) is 16.2 Å². The molecule has 1 unspecified atom stereocenters. The Morgan fingerprint density at radius 3 is 2.56 bits per heavy atom. The third-order valence-corrected chi connectivity index (χ3v) is 6.80. The third-order valence-electron chi connectivity index (χ3n) is 6.80. The summed E-state index contributed by atoms with van der Waals surface area (Å²) in [5.74, 6) is 0.831. The summed E-state index contributed by atoms with van der Waals surface area (Å²) in [6.45, 7) is 7.10. The summed E-state index contributed by atoms with van der Waals surface area (Å²) in [6, 6.07) is 6.31. The molecule has 3 N–H and O–H groups in total. The molecular formula is C22H32N3O2+. The highest BCUT2D eigenvalue weighted by Crippen LogP contribution is 2.40. The summed E-state index contributed by atoms with van der Waals surface area (Å²) >= 11 is 0. The Morgan fingerprint density at radius 1 is 1.15 bits per heavy atom. The van der Waals surface area contributed by atoms with Crippen LogP contribution in [0.3, 0.4) is 0 Å². The van der Waals surface area contributed by atoms with E-state index >= 15 is 0 Å². The Bertz CT molecular complexity index is 841. The van der Waals surface area contributed by atoms with Crippen LogP contribution in [0.15, 0.2) is 18.2 Å². The second kappa shape index (κ2) is 6.93. The zero-order valence-electron chi connectivity index (χ0n) is 16.7. The quantitative estimate of drug-likeness (QED) is 0.621. The standard InChI is InChI=1S/C22H32N3O2/c1-22(2,3)14-7-9-15(10-8-14)23-20-6-4-5-17-18-13-16(25(26)27)11-12-19(18)24-21(17)20/h11-15,20,23-24H,4-10H2,1-3H3,(H,26,27)/q+1. The number of rotatable bonds is 3. The van der Waals surface area contributed by atoms with Gasteiger partial charge in [-0.1, -0.05) is 20.8 Å². The zero-order chi connectivity index (χ0) is 19.2. The van der Waals surface area contributed by atoms with Crippen molar-refractivity contribution in [1.29, 1.82) is 0 Å². The SMILES string of the molecule is CC(C)(C)C1CCC(NC2CCCc3c2[nH]c2ccc([N+](=O)O)cc32)CC1. The lowest BCUT2D eigenvalue weighted by Gasteiger charge is -2.39. The maximum atomic E-state index is 11.3. The molecule has 1 atom stereocenters. The van der Waals surface area contributed by atoms with Gasteiger partial charge in [0.25, 0.3) is 4.92 Å². The van der Waals surface area contributed by atoms with E-state index in [1.165, 1.54) is 36.9 Å². The van der Waals surface area contributed by atoms with Gasteiger partial charge in [0.2, 0.25) is 0 Å². The number of nitrogens with zero attached hydrogens (tertiary/aromatic N) is 1. The van der Waals surface area contributed by atoms with Gasteiger partial charge in [0.15, 0.2) is 0 Å². The molecule has 146 valence electrons. The molecule has 5 heteroatoms. The topological polar surface area (TPSA) is 68.1 Å². The molecule has 1 aromatic heterocycles. The molecule has 0 bridgehead atoms. The average molecular weight is 371 g/mol. The molecule has 1 fully saturated rings. The van der Waals surface area contributed by atoms with Crippen LogP contribution in [0.5, 0.6) is 0 Å². The first-order valence-corrected chi connectivity index (χ1v) is 10.4. The number of nitrogens with one attached hydrogen (secondary N) is 2. The fourth-order valence-corrected chi connectivity index (χ4v) is 5.15. The lowest BCUT2D eigenvalue weighted by molar-refractivity contribution is -0.729. The van der Waals surface area contributed by atoms with Crippen LogP contribution < -0.4 is 5.32 Å². The highest BCUT2D eigenvalue weighted by Gasteiger charge is 2.32. The molecular weight excluding hydrogens is 338 g/mol. The van der Waals surface area contributed by atoms with Crippen molar-refractivity contribution < 1.29 is 10.1 Å². The van der Waals surface area contributed by atoms with Gasteiger partial charge in [0, 0.05) is 40.8 Å². The lowest BCUT2D eigenvalue weighted by Crippen LogP contribution is -2.39. The predicted octanol–water partition coefficient (Wildman–Crippen LogP) is 5.54. The van der Waals surface area contributed by atoms with Crippen molar-refractivity contribution in [1.82, 2.24) is 10.3 Å². The van der Waals surface area contributed by atoms with Gasteiger partial charge in [-0.3, -0.25) is 0 Å². The maximum Gasteiger partial charge on any atom is 0.317 e.